The third-order valence-corrected chi connectivity index (χ3v) is 4.98. The van der Waals surface area contributed by atoms with E-state index in [1.54, 1.807) is 0 Å². The monoisotopic (exact) mass is 272 g/mol. The Balaban J connectivity index is 3.13. The van der Waals surface area contributed by atoms with Crippen LogP contribution in [-0.2, 0) is 15.5 Å². The molecule has 1 aromatic carbocycles. The highest BCUT2D eigenvalue weighted by Crippen LogP contribution is 2.29. The molecule has 17 heavy (non-hydrogen) atoms. The van der Waals surface area contributed by atoms with Crippen molar-refractivity contribution >= 4 is 31.5 Å². The quantitative estimate of drug-likeness (QED) is 0.724. The Kier molecular flexibility index (Phi) is 2.86. The maximum atomic E-state index is 11.7. The molecule has 1 unspecified atom stereocenters. The summed E-state index contributed by atoms with van der Waals surface area (Å²) in [5, 5.41) is 5.39. The van der Waals surface area contributed by atoms with Gasteiger partial charge >= 0.3 is 0 Å². The molecule has 0 aliphatic heterocycles. The number of aromatic nitrogens is 1. The molecule has 2 aromatic rings. The molecule has 0 saturated carbocycles. The molecule has 0 saturated heterocycles. The van der Waals surface area contributed by atoms with Crippen molar-refractivity contribution in [3.05, 3.63) is 28.2 Å². The number of hydrogen-bond donors (Lipinski definition) is 2. The second-order valence-corrected chi connectivity index (χ2v) is 7.72. The molecular weight excluding hydrogens is 256 g/mol. The second-order valence-electron chi connectivity index (χ2n) is 4.91. The molecule has 0 aliphatic rings. The van der Waals surface area contributed by atoms with Crippen molar-refractivity contribution in [2.75, 3.05) is 0 Å². The Bertz CT molecular complexity index is 705. The average Bonchev–Trinajstić information content (AvgIpc) is 2.54. The molecule has 1 aromatic heterocycles. The Labute approximate surface area is 105 Å². The van der Waals surface area contributed by atoms with Crippen molar-refractivity contribution in [2.24, 2.45) is 5.14 Å². The third kappa shape index (κ3) is 2.26. The topological polar surface area (TPSA) is 68.2 Å². The lowest BCUT2D eigenvalue weighted by Gasteiger charge is -2.22. The lowest BCUT2D eigenvalue weighted by Crippen LogP contribution is -2.25. The van der Waals surface area contributed by atoms with E-state index in [-0.39, 0.29) is 5.54 Å². The zero-order valence-corrected chi connectivity index (χ0v) is 11.6. The van der Waals surface area contributed by atoms with Crippen molar-refractivity contribution in [3.63, 3.8) is 0 Å². The van der Waals surface area contributed by atoms with Gasteiger partial charge in [0.25, 0.3) is 0 Å². The number of fused-ring (bicyclic) bond motifs is 1. The second kappa shape index (κ2) is 3.84. The van der Waals surface area contributed by atoms with Crippen molar-refractivity contribution in [1.29, 1.82) is 0 Å². The van der Waals surface area contributed by atoms with Gasteiger partial charge in [-0.2, -0.15) is 0 Å². The molecule has 1 atom stereocenters. The van der Waals surface area contributed by atoms with Gasteiger partial charge in [-0.1, -0.05) is 12.1 Å². The molecule has 3 N–H and O–H groups in total. The maximum Gasteiger partial charge on any atom is 0.191 e. The first-order chi connectivity index (χ1) is 7.71. The summed E-state index contributed by atoms with van der Waals surface area (Å²) in [5.41, 5.74) is 0.645. The van der Waals surface area contributed by atoms with E-state index < -0.39 is 9.99 Å². The lowest BCUT2D eigenvalue weighted by atomic mass is 10.1. The fourth-order valence-electron chi connectivity index (χ4n) is 1.79. The average molecular weight is 272 g/mol. The van der Waals surface area contributed by atoms with Crippen LogP contribution in [-0.4, -0.2) is 13.3 Å². The summed E-state index contributed by atoms with van der Waals surface area (Å²) in [6.45, 7) is 5.96. The van der Waals surface area contributed by atoms with Gasteiger partial charge in [-0.05, 0) is 32.9 Å². The van der Waals surface area contributed by atoms with Crippen molar-refractivity contribution in [3.8, 4) is 0 Å². The Morgan fingerprint density at radius 3 is 2.47 bits per heavy atom. The van der Waals surface area contributed by atoms with Gasteiger partial charge in [0, 0.05) is 5.54 Å². The van der Waals surface area contributed by atoms with Gasteiger partial charge < -0.3 is 9.12 Å². The summed E-state index contributed by atoms with van der Waals surface area (Å²) in [6.07, 6.45) is 0. The van der Waals surface area contributed by atoms with E-state index in [1.165, 1.54) is 11.3 Å². The molecule has 0 radical (unpaired) electrons. The van der Waals surface area contributed by atoms with Crippen molar-refractivity contribution in [1.82, 2.24) is 4.57 Å². The van der Waals surface area contributed by atoms with Crippen LogP contribution >= 0.6 is 11.3 Å². The van der Waals surface area contributed by atoms with Crippen LogP contribution in [0.25, 0.3) is 10.2 Å². The van der Waals surface area contributed by atoms with E-state index in [0.717, 1.165) is 10.2 Å². The first kappa shape index (κ1) is 12.6. The summed E-state index contributed by atoms with van der Waals surface area (Å²) >= 11 is 1.27. The van der Waals surface area contributed by atoms with Crippen LogP contribution in [0.1, 0.15) is 20.8 Å². The van der Waals surface area contributed by atoms with Crippen LogP contribution in [0.3, 0.4) is 0 Å². The lowest BCUT2D eigenvalue weighted by molar-refractivity contribution is 0.406. The minimum absolute atomic E-state index is 0.292. The molecule has 2 rings (SSSR count). The Morgan fingerprint density at radius 2 is 1.94 bits per heavy atom. The van der Waals surface area contributed by atoms with E-state index in [9.17, 15) is 8.76 Å². The van der Waals surface area contributed by atoms with Gasteiger partial charge in [0.2, 0.25) is 0 Å². The van der Waals surface area contributed by atoms with Gasteiger partial charge in [0.1, 0.15) is 0 Å². The predicted octanol–water partition coefficient (Wildman–Crippen LogP) is 2.62. The summed E-state index contributed by atoms with van der Waals surface area (Å²) in [4.78, 5) is 0. The van der Waals surface area contributed by atoms with E-state index in [0.29, 0.717) is 3.95 Å². The van der Waals surface area contributed by atoms with Crippen LogP contribution in [0.15, 0.2) is 24.3 Å². The van der Waals surface area contributed by atoms with E-state index >= 15 is 0 Å². The fourth-order valence-corrected chi connectivity index (χ4v) is 4.23. The van der Waals surface area contributed by atoms with Crippen LogP contribution in [0.2, 0.25) is 0 Å². The number of para-hydroxylation sites is 1. The van der Waals surface area contributed by atoms with Crippen LogP contribution < -0.4 is 5.14 Å². The summed E-state index contributed by atoms with van der Waals surface area (Å²) in [7, 11) is -3.45. The number of rotatable bonds is 0. The smallest absolute Gasteiger partial charge is 0.191 e. The molecule has 0 spiro atoms. The minimum Gasteiger partial charge on any atom is -0.317 e. The SMILES string of the molecule is CC(C)(C)n1c(=S(N)(=O)O)sc2ccccc21. The van der Waals surface area contributed by atoms with Crippen LogP contribution in [0, 0.1) is 3.95 Å². The van der Waals surface area contributed by atoms with E-state index in [4.69, 9.17) is 5.14 Å². The third-order valence-electron chi connectivity index (χ3n) is 2.41. The van der Waals surface area contributed by atoms with Gasteiger partial charge in [-0.25, -0.2) is 9.35 Å². The minimum atomic E-state index is -3.45. The van der Waals surface area contributed by atoms with E-state index in [2.05, 4.69) is 0 Å². The molecule has 0 aliphatic carbocycles. The van der Waals surface area contributed by atoms with E-state index in [1.807, 2.05) is 49.6 Å². The normalized spacial score (nSPS) is 16.1. The van der Waals surface area contributed by atoms with Crippen LogP contribution in [0.4, 0.5) is 0 Å². The largest absolute Gasteiger partial charge is 0.317 e. The highest BCUT2D eigenvalue weighted by molar-refractivity contribution is 7.89. The zero-order valence-electron chi connectivity index (χ0n) is 10.0. The summed E-state index contributed by atoms with van der Waals surface area (Å²) in [5.74, 6) is 0. The molecule has 4 nitrogen and oxygen atoms in total. The van der Waals surface area contributed by atoms with Crippen molar-refractivity contribution < 1.29 is 8.76 Å². The molecule has 6 heteroatoms. The molecule has 0 bridgehead atoms. The molecule has 1 heterocycles. The Hall–Kier alpha value is -0.820. The van der Waals surface area contributed by atoms with Gasteiger partial charge in [-0.15, -0.1) is 11.3 Å². The van der Waals surface area contributed by atoms with Gasteiger partial charge in [0.05, 0.1) is 10.2 Å². The maximum absolute atomic E-state index is 11.7. The number of benzene rings is 1. The fraction of sp³-hybridized carbons (Fsp3) is 0.364. The number of hydrogen-bond acceptors (Lipinski definition) is 2. The Morgan fingerprint density at radius 1 is 1.35 bits per heavy atom. The molecular formula is C11H16N2O2S2. The number of nitrogens with two attached hydrogens (primary N) is 1. The van der Waals surface area contributed by atoms with Gasteiger partial charge in [0.15, 0.2) is 13.9 Å². The van der Waals surface area contributed by atoms with Crippen molar-refractivity contribution in [2.45, 2.75) is 26.3 Å². The standard InChI is InChI=1S/C11H16N2O2S2/c1-11(2,3)13-8-6-4-5-7-9(8)16-10(13)17(12,14)15/h4-7H,1-3H3,(H3,12,14,15). The zero-order chi connectivity index (χ0) is 12.8. The highest BCUT2D eigenvalue weighted by Gasteiger charge is 2.20. The molecule has 0 amide bonds. The summed E-state index contributed by atoms with van der Waals surface area (Å²) < 4.78 is 24.5. The highest BCUT2D eigenvalue weighted by atomic mass is 32.2. The first-order valence-corrected chi connectivity index (χ1v) is 7.59. The predicted molar refractivity (Wildman–Crippen MR) is 73.0 cm³/mol. The van der Waals surface area contributed by atoms with Crippen LogP contribution in [0.5, 0.6) is 0 Å². The first-order valence-electron chi connectivity index (χ1n) is 5.20. The van der Waals surface area contributed by atoms with Gasteiger partial charge in [-0.3, -0.25) is 0 Å². The number of thiazole rings is 1. The number of nitrogens with zero attached hydrogens (tertiary/aromatic N) is 1. The molecule has 94 valence electrons. The summed E-state index contributed by atoms with van der Waals surface area (Å²) in [6, 6.07) is 7.69. The molecule has 0 fully saturated rings.